The Morgan fingerprint density at radius 3 is 2.85 bits per heavy atom. The van der Waals surface area contributed by atoms with Crippen LogP contribution in [0.3, 0.4) is 0 Å². The third-order valence-corrected chi connectivity index (χ3v) is 5.98. The second-order valence-electron chi connectivity index (χ2n) is 7.59. The fraction of sp³-hybridized carbons (Fsp3) is 0.700. The fourth-order valence-electron chi connectivity index (χ4n) is 4.63. The maximum absolute atomic E-state index is 13.9. The molecule has 5 nitrogen and oxygen atoms in total. The van der Waals surface area contributed by atoms with Gasteiger partial charge in [0.1, 0.15) is 5.82 Å². The first kappa shape index (κ1) is 18.2. The molecule has 2 saturated heterocycles. The van der Waals surface area contributed by atoms with Crippen LogP contribution in [0.25, 0.3) is 0 Å². The quantitative estimate of drug-likeness (QED) is 0.837. The average Bonchev–Trinajstić information content (AvgIpc) is 3.16. The largest absolute Gasteiger partial charge is 0.379 e. The van der Waals surface area contributed by atoms with Crippen molar-refractivity contribution in [3.63, 3.8) is 0 Å². The molecular formula is C20H30FN3O2. The van der Waals surface area contributed by atoms with Crippen LogP contribution in [0.15, 0.2) is 18.2 Å². The lowest BCUT2D eigenvalue weighted by molar-refractivity contribution is 0.0524. The standard InChI is InChI=1S/C20H30FN3O2/c21-16-4-5-20(24-7-10-25-11-8-24)15(12-16)13-23-18-3-1-2-17(18)19-14-26-9-6-22-19/h4-5,12,17-19,22-23H,1-3,6-11,13-14H2. The molecular weight excluding hydrogens is 333 g/mol. The number of hydrogen-bond acceptors (Lipinski definition) is 5. The normalized spacial score (nSPS) is 29.9. The predicted octanol–water partition coefficient (Wildman–Crippen LogP) is 1.91. The minimum atomic E-state index is -0.163. The van der Waals surface area contributed by atoms with Gasteiger partial charge in [-0.2, -0.15) is 0 Å². The van der Waals surface area contributed by atoms with Gasteiger partial charge in [-0.05, 0) is 42.5 Å². The van der Waals surface area contributed by atoms with Gasteiger partial charge in [-0.1, -0.05) is 6.42 Å². The number of anilines is 1. The second kappa shape index (κ2) is 8.65. The van der Waals surface area contributed by atoms with Gasteiger partial charge in [0.05, 0.1) is 26.4 Å². The molecule has 144 valence electrons. The molecule has 0 spiro atoms. The van der Waals surface area contributed by atoms with Crippen molar-refractivity contribution in [3.8, 4) is 0 Å². The maximum atomic E-state index is 13.9. The summed E-state index contributed by atoms with van der Waals surface area (Å²) in [5.41, 5.74) is 2.18. The first-order valence-corrected chi connectivity index (χ1v) is 9.97. The third kappa shape index (κ3) is 4.19. The van der Waals surface area contributed by atoms with Gasteiger partial charge in [0.2, 0.25) is 0 Å². The number of hydrogen-bond donors (Lipinski definition) is 2. The van der Waals surface area contributed by atoms with Crippen LogP contribution in [0.4, 0.5) is 10.1 Å². The van der Waals surface area contributed by atoms with E-state index in [0.717, 1.165) is 57.3 Å². The van der Waals surface area contributed by atoms with Crippen LogP contribution >= 0.6 is 0 Å². The summed E-state index contributed by atoms with van der Waals surface area (Å²) in [7, 11) is 0. The highest BCUT2D eigenvalue weighted by Gasteiger charge is 2.34. The lowest BCUT2D eigenvalue weighted by Crippen LogP contribution is -2.50. The van der Waals surface area contributed by atoms with Crippen molar-refractivity contribution in [2.45, 2.75) is 37.9 Å². The molecule has 1 aromatic carbocycles. The van der Waals surface area contributed by atoms with Crippen molar-refractivity contribution >= 4 is 5.69 Å². The molecule has 2 heterocycles. The second-order valence-corrected chi connectivity index (χ2v) is 7.59. The Kier molecular flexibility index (Phi) is 6.05. The highest BCUT2D eigenvalue weighted by Crippen LogP contribution is 2.30. The van der Waals surface area contributed by atoms with E-state index >= 15 is 0 Å². The Bertz CT molecular complexity index is 588. The maximum Gasteiger partial charge on any atom is 0.123 e. The average molecular weight is 363 g/mol. The van der Waals surface area contributed by atoms with Crippen molar-refractivity contribution in [2.75, 3.05) is 51.0 Å². The minimum Gasteiger partial charge on any atom is -0.379 e. The summed E-state index contributed by atoms with van der Waals surface area (Å²) in [5, 5.41) is 7.35. The van der Waals surface area contributed by atoms with Gasteiger partial charge < -0.3 is 25.0 Å². The summed E-state index contributed by atoms with van der Waals surface area (Å²) in [6.07, 6.45) is 3.67. The van der Waals surface area contributed by atoms with E-state index in [4.69, 9.17) is 9.47 Å². The molecule has 0 aromatic heterocycles. The van der Waals surface area contributed by atoms with Crippen LogP contribution in [0.2, 0.25) is 0 Å². The number of ether oxygens (including phenoxy) is 2. The van der Waals surface area contributed by atoms with E-state index < -0.39 is 0 Å². The topological polar surface area (TPSA) is 45.8 Å². The Hall–Kier alpha value is -1.21. The summed E-state index contributed by atoms with van der Waals surface area (Å²) in [4.78, 5) is 2.31. The summed E-state index contributed by atoms with van der Waals surface area (Å²) in [5.74, 6) is 0.430. The Morgan fingerprint density at radius 1 is 1.15 bits per heavy atom. The Balaban J connectivity index is 1.42. The van der Waals surface area contributed by atoms with E-state index in [-0.39, 0.29) is 5.82 Å². The molecule has 3 unspecified atom stereocenters. The van der Waals surface area contributed by atoms with Gasteiger partial charge >= 0.3 is 0 Å². The SMILES string of the molecule is Fc1ccc(N2CCOCC2)c(CNC2CCCC2C2COCCN2)c1. The molecule has 26 heavy (non-hydrogen) atoms. The zero-order valence-corrected chi connectivity index (χ0v) is 15.4. The van der Waals surface area contributed by atoms with Gasteiger partial charge in [0, 0.05) is 44.0 Å². The van der Waals surface area contributed by atoms with Crippen molar-refractivity contribution < 1.29 is 13.9 Å². The highest BCUT2D eigenvalue weighted by molar-refractivity contribution is 5.54. The van der Waals surface area contributed by atoms with Gasteiger partial charge in [0.25, 0.3) is 0 Å². The third-order valence-electron chi connectivity index (χ3n) is 5.98. The molecule has 3 atom stereocenters. The lowest BCUT2D eigenvalue weighted by atomic mass is 9.93. The van der Waals surface area contributed by atoms with Gasteiger partial charge in [-0.25, -0.2) is 4.39 Å². The predicted molar refractivity (Wildman–Crippen MR) is 100 cm³/mol. The number of morpholine rings is 2. The van der Waals surface area contributed by atoms with Crippen LogP contribution in [0, 0.1) is 11.7 Å². The summed E-state index contributed by atoms with van der Waals surface area (Å²) >= 11 is 0. The van der Waals surface area contributed by atoms with Crippen molar-refractivity contribution in [2.24, 2.45) is 5.92 Å². The van der Waals surface area contributed by atoms with Crippen molar-refractivity contribution in [1.29, 1.82) is 0 Å². The van der Waals surface area contributed by atoms with Crippen molar-refractivity contribution in [3.05, 3.63) is 29.6 Å². The van der Waals surface area contributed by atoms with E-state index in [2.05, 4.69) is 15.5 Å². The van der Waals surface area contributed by atoms with Crippen molar-refractivity contribution in [1.82, 2.24) is 10.6 Å². The lowest BCUT2D eigenvalue weighted by Gasteiger charge is -2.34. The smallest absolute Gasteiger partial charge is 0.123 e. The first-order valence-electron chi connectivity index (χ1n) is 9.97. The van der Waals surface area contributed by atoms with Crippen LogP contribution < -0.4 is 15.5 Å². The molecule has 0 amide bonds. The summed E-state index contributed by atoms with van der Waals surface area (Å²) in [6, 6.07) is 6.07. The number of halogens is 1. The molecule has 2 aliphatic heterocycles. The monoisotopic (exact) mass is 363 g/mol. The van der Waals surface area contributed by atoms with E-state index in [1.807, 2.05) is 6.07 Å². The molecule has 3 fully saturated rings. The molecule has 1 saturated carbocycles. The molecule has 6 heteroatoms. The Labute approximate surface area is 155 Å². The van der Waals surface area contributed by atoms with E-state index in [9.17, 15) is 4.39 Å². The van der Waals surface area contributed by atoms with E-state index in [1.54, 1.807) is 12.1 Å². The number of nitrogens with zero attached hydrogens (tertiary/aromatic N) is 1. The molecule has 1 aromatic rings. The van der Waals surface area contributed by atoms with Gasteiger partial charge in [-0.3, -0.25) is 0 Å². The molecule has 4 rings (SSSR count). The highest BCUT2D eigenvalue weighted by atomic mass is 19.1. The Morgan fingerprint density at radius 2 is 2.04 bits per heavy atom. The van der Waals surface area contributed by atoms with Crippen LogP contribution in [-0.2, 0) is 16.0 Å². The molecule has 0 radical (unpaired) electrons. The zero-order chi connectivity index (χ0) is 17.8. The number of benzene rings is 1. The fourth-order valence-corrected chi connectivity index (χ4v) is 4.63. The first-order chi connectivity index (χ1) is 12.8. The van der Waals surface area contributed by atoms with Gasteiger partial charge in [0.15, 0.2) is 0 Å². The molecule has 0 bridgehead atoms. The number of nitrogens with one attached hydrogen (secondary N) is 2. The molecule has 1 aliphatic carbocycles. The summed E-state index contributed by atoms with van der Waals surface area (Å²) in [6.45, 7) is 6.49. The van der Waals surface area contributed by atoms with Crippen LogP contribution in [0.1, 0.15) is 24.8 Å². The van der Waals surface area contributed by atoms with Crippen LogP contribution in [-0.4, -0.2) is 58.1 Å². The minimum absolute atomic E-state index is 0.163. The molecule has 2 N–H and O–H groups in total. The zero-order valence-electron chi connectivity index (χ0n) is 15.4. The van der Waals surface area contributed by atoms with E-state index in [0.29, 0.717) is 24.5 Å². The van der Waals surface area contributed by atoms with Gasteiger partial charge in [-0.15, -0.1) is 0 Å². The van der Waals surface area contributed by atoms with Crippen LogP contribution in [0.5, 0.6) is 0 Å². The van der Waals surface area contributed by atoms with E-state index in [1.165, 1.54) is 19.3 Å². The summed E-state index contributed by atoms with van der Waals surface area (Å²) < 4.78 is 25.0. The molecule has 3 aliphatic rings. The number of rotatable bonds is 5.